The molecule has 2 atom stereocenters. The van der Waals surface area contributed by atoms with Gasteiger partial charge in [0.05, 0.1) is 12.0 Å². The zero-order chi connectivity index (χ0) is 14.8. The summed E-state index contributed by atoms with van der Waals surface area (Å²) in [6.45, 7) is 6.83. The fourth-order valence-electron chi connectivity index (χ4n) is 2.50. The molecule has 6 heteroatoms. The van der Waals surface area contributed by atoms with Crippen molar-refractivity contribution in [3.8, 4) is 5.75 Å². The van der Waals surface area contributed by atoms with Gasteiger partial charge in [-0.2, -0.15) is 0 Å². The smallest absolute Gasteiger partial charge is 0.240 e. The lowest BCUT2D eigenvalue weighted by Gasteiger charge is -2.17. The molecule has 112 valence electrons. The van der Waals surface area contributed by atoms with E-state index in [2.05, 4.69) is 23.5 Å². The number of nitrogens with zero attached hydrogens (tertiary/aromatic N) is 1. The van der Waals surface area contributed by atoms with Crippen molar-refractivity contribution in [2.45, 2.75) is 24.8 Å². The molecule has 1 heterocycles. The average molecular weight is 298 g/mol. The summed E-state index contributed by atoms with van der Waals surface area (Å²) in [5.41, 5.74) is 0. The van der Waals surface area contributed by atoms with Gasteiger partial charge in [0.15, 0.2) is 0 Å². The largest absolute Gasteiger partial charge is 0.497 e. The molecular weight excluding hydrogens is 276 g/mol. The van der Waals surface area contributed by atoms with E-state index in [1.807, 2.05) is 0 Å². The van der Waals surface area contributed by atoms with Gasteiger partial charge in [0, 0.05) is 19.1 Å². The number of likely N-dealkylation sites (tertiary alicyclic amines) is 1. The van der Waals surface area contributed by atoms with Crippen LogP contribution >= 0.6 is 0 Å². The van der Waals surface area contributed by atoms with Gasteiger partial charge in [0.2, 0.25) is 10.0 Å². The molecule has 1 aliphatic heterocycles. The standard InChI is InChI=1S/C14H22N2O3S/c1-4-16-9-11(2)14(10-16)15-20(17,18)13-7-5-12(19-3)6-8-13/h5-8,11,14-15H,4,9-10H2,1-3H3/t11-,14+/m1/s1. The van der Waals surface area contributed by atoms with Gasteiger partial charge in [0.25, 0.3) is 0 Å². The quantitative estimate of drug-likeness (QED) is 0.890. The van der Waals surface area contributed by atoms with E-state index in [0.717, 1.165) is 19.6 Å². The normalized spacial score (nSPS) is 23.9. The molecule has 1 aliphatic rings. The van der Waals surface area contributed by atoms with Crippen LogP contribution in [0.25, 0.3) is 0 Å². The molecule has 1 fully saturated rings. The van der Waals surface area contributed by atoms with E-state index in [1.165, 1.54) is 0 Å². The van der Waals surface area contributed by atoms with Gasteiger partial charge in [-0.25, -0.2) is 13.1 Å². The summed E-state index contributed by atoms with van der Waals surface area (Å²) in [5, 5.41) is 0. The molecule has 0 aromatic heterocycles. The van der Waals surface area contributed by atoms with Crippen LogP contribution in [-0.4, -0.2) is 46.1 Å². The topological polar surface area (TPSA) is 58.6 Å². The highest BCUT2D eigenvalue weighted by Gasteiger charge is 2.32. The van der Waals surface area contributed by atoms with Gasteiger partial charge in [-0.05, 0) is 36.7 Å². The van der Waals surface area contributed by atoms with E-state index in [0.29, 0.717) is 11.7 Å². The second kappa shape index (κ2) is 6.11. The number of rotatable bonds is 5. The molecule has 1 N–H and O–H groups in total. The molecule has 1 aromatic carbocycles. The van der Waals surface area contributed by atoms with Crippen LogP contribution in [0.2, 0.25) is 0 Å². The molecule has 5 nitrogen and oxygen atoms in total. The van der Waals surface area contributed by atoms with Crippen LogP contribution in [0.15, 0.2) is 29.2 Å². The lowest BCUT2D eigenvalue weighted by molar-refractivity contribution is 0.344. The Labute approximate surface area is 121 Å². The van der Waals surface area contributed by atoms with Crippen LogP contribution in [0.5, 0.6) is 5.75 Å². The third-order valence-corrected chi connectivity index (χ3v) is 5.32. The van der Waals surface area contributed by atoms with Gasteiger partial charge >= 0.3 is 0 Å². The van der Waals surface area contributed by atoms with E-state index in [1.54, 1.807) is 31.4 Å². The first-order chi connectivity index (χ1) is 9.46. The van der Waals surface area contributed by atoms with Crippen molar-refractivity contribution in [1.29, 1.82) is 0 Å². The first-order valence-corrected chi connectivity index (χ1v) is 8.33. The molecule has 0 aliphatic carbocycles. The summed E-state index contributed by atoms with van der Waals surface area (Å²) in [6, 6.07) is 6.43. The Bertz CT molecular complexity index is 542. The second-order valence-electron chi connectivity index (χ2n) is 5.23. The molecule has 0 amide bonds. The SMILES string of the molecule is CCN1C[C@@H](C)[C@@H](NS(=O)(=O)c2ccc(OC)cc2)C1. The van der Waals surface area contributed by atoms with Gasteiger partial charge in [-0.3, -0.25) is 0 Å². The highest BCUT2D eigenvalue weighted by Crippen LogP contribution is 2.20. The van der Waals surface area contributed by atoms with Gasteiger partial charge in [0.1, 0.15) is 5.75 Å². The monoisotopic (exact) mass is 298 g/mol. The second-order valence-corrected chi connectivity index (χ2v) is 6.95. The predicted molar refractivity (Wildman–Crippen MR) is 78.4 cm³/mol. The molecule has 0 unspecified atom stereocenters. The number of benzene rings is 1. The van der Waals surface area contributed by atoms with E-state index in [4.69, 9.17) is 4.74 Å². The Balaban J connectivity index is 2.10. The summed E-state index contributed by atoms with van der Waals surface area (Å²) in [6.07, 6.45) is 0. The van der Waals surface area contributed by atoms with Crippen LogP contribution in [0.1, 0.15) is 13.8 Å². The number of methoxy groups -OCH3 is 1. The van der Waals surface area contributed by atoms with E-state index in [-0.39, 0.29) is 10.9 Å². The fraction of sp³-hybridized carbons (Fsp3) is 0.571. The summed E-state index contributed by atoms with van der Waals surface area (Å²) in [5.74, 6) is 0.971. The number of sulfonamides is 1. The molecular formula is C14H22N2O3S. The first-order valence-electron chi connectivity index (χ1n) is 6.85. The molecule has 0 spiro atoms. The van der Waals surface area contributed by atoms with E-state index in [9.17, 15) is 8.42 Å². The fourth-order valence-corrected chi connectivity index (χ4v) is 3.84. The van der Waals surface area contributed by atoms with Gasteiger partial charge < -0.3 is 9.64 Å². The van der Waals surface area contributed by atoms with Crippen molar-refractivity contribution in [1.82, 2.24) is 9.62 Å². The van der Waals surface area contributed by atoms with Crippen LogP contribution in [0.4, 0.5) is 0 Å². The number of hydrogen-bond acceptors (Lipinski definition) is 4. The minimum atomic E-state index is -3.47. The minimum Gasteiger partial charge on any atom is -0.497 e. The Hall–Kier alpha value is -1.11. The zero-order valence-corrected chi connectivity index (χ0v) is 13.0. The third-order valence-electron chi connectivity index (χ3n) is 3.81. The third kappa shape index (κ3) is 3.31. The maximum Gasteiger partial charge on any atom is 0.240 e. The van der Waals surface area contributed by atoms with Crippen molar-refractivity contribution in [2.24, 2.45) is 5.92 Å². The van der Waals surface area contributed by atoms with Gasteiger partial charge in [-0.1, -0.05) is 13.8 Å². The van der Waals surface area contributed by atoms with Crippen LogP contribution in [-0.2, 0) is 10.0 Å². The lowest BCUT2D eigenvalue weighted by atomic mass is 10.1. The number of likely N-dealkylation sites (N-methyl/N-ethyl adjacent to an activating group) is 1. The number of hydrogen-bond donors (Lipinski definition) is 1. The van der Waals surface area contributed by atoms with Crippen molar-refractivity contribution in [3.05, 3.63) is 24.3 Å². The van der Waals surface area contributed by atoms with Gasteiger partial charge in [-0.15, -0.1) is 0 Å². The lowest BCUT2D eigenvalue weighted by Crippen LogP contribution is -2.39. The van der Waals surface area contributed by atoms with Crippen molar-refractivity contribution < 1.29 is 13.2 Å². The van der Waals surface area contributed by atoms with E-state index < -0.39 is 10.0 Å². The molecule has 0 bridgehead atoms. The Morgan fingerprint density at radius 2 is 1.95 bits per heavy atom. The van der Waals surface area contributed by atoms with Crippen molar-refractivity contribution >= 4 is 10.0 Å². The predicted octanol–water partition coefficient (Wildman–Crippen LogP) is 1.31. The van der Waals surface area contributed by atoms with Crippen LogP contribution in [0, 0.1) is 5.92 Å². The molecule has 0 radical (unpaired) electrons. The maximum absolute atomic E-state index is 12.4. The Morgan fingerprint density at radius 1 is 1.30 bits per heavy atom. The average Bonchev–Trinajstić information content (AvgIpc) is 2.79. The molecule has 1 saturated heterocycles. The van der Waals surface area contributed by atoms with Crippen LogP contribution in [0.3, 0.4) is 0 Å². The zero-order valence-electron chi connectivity index (χ0n) is 12.2. The molecule has 1 aromatic rings. The van der Waals surface area contributed by atoms with Crippen molar-refractivity contribution in [2.75, 3.05) is 26.7 Å². The first kappa shape index (κ1) is 15.3. The highest BCUT2D eigenvalue weighted by molar-refractivity contribution is 7.89. The molecule has 2 rings (SSSR count). The van der Waals surface area contributed by atoms with Crippen molar-refractivity contribution in [3.63, 3.8) is 0 Å². The highest BCUT2D eigenvalue weighted by atomic mass is 32.2. The summed E-state index contributed by atoms with van der Waals surface area (Å²) >= 11 is 0. The van der Waals surface area contributed by atoms with E-state index >= 15 is 0 Å². The summed E-state index contributed by atoms with van der Waals surface area (Å²) in [4.78, 5) is 2.53. The summed E-state index contributed by atoms with van der Waals surface area (Å²) < 4.78 is 32.6. The Morgan fingerprint density at radius 3 is 2.45 bits per heavy atom. The number of nitrogens with one attached hydrogen (secondary N) is 1. The molecule has 20 heavy (non-hydrogen) atoms. The maximum atomic E-state index is 12.4. The molecule has 0 saturated carbocycles. The summed E-state index contributed by atoms with van der Waals surface area (Å²) in [7, 11) is -1.91. The Kier molecular flexibility index (Phi) is 4.67. The number of ether oxygens (including phenoxy) is 1. The van der Waals surface area contributed by atoms with Crippen LogP contribution < -0.4 is 9.46 Å². The minimum absolute atomic E-state index is 0.0259.